The molecule has 3 N–H and O–H groups in total. The first-order valence-electron chi connectivity index (χ1n) is 11.8. The third kappa shape index (κ3) is 5.08. The molecule has 2 aromatic rings. The number of nitriles is 1. The van der Waals surface area contributed by atoms with E-state index in [2.05, 4.69) is 34.0 Å². The Kier molecular flexibility index (Phi) is 6.77. The molecule has 2 heterocycles. The monoisotopic (exact) mass is 450 g/mol. The SMILES string of the molecule is CC1CCCCC1NC(=O)[C@H]1CC[C@@H](C)N(c2cc(-c3ccc(C#N)c(F)c3)nc(N)n2)C1. The van der Waals surface area contributed by atoms with Gasteiger partial charge in [0.05, 0.1) is 17.2 Å². The molecule has 33 heavy (non-hydrogen) atoms. The van der Waals surface area contributed by atoms with Gasteiger partial charge in [0.15, 0.2) is 0 Å². The van der Waals surface area contributed by atoms with Crippen LogP contribution in [0.1, 0.15) is 57.9 Å². The molecule has 0 radical (unpaired) electrons. The Morgan fingerprint density at radius 3 is 2.70 bits per heavy atom. The number of amides is 1. The van der Waals surface area contributed by atoms with Gasteiger partial charge in [-0.2, -0.15) is 10.2 Å². The summed E-state index contributed by atoms with van der Waals surface area (Å²) in [6, 6.07) is 8.40. The molecule has 174 valence electrons. The number of nitrogens with one attached hydrogen (secondary N) is 1. The summed E-state index contributed by atoms with van der Waals surface area (Å²) in [6.07, 6.45) is 6.32. The van der Waals surface area contributed by atoms with Gasteiger partial charge in [0.1, 0.15) is 17.7 Å². The fraction of sp³-hybridized carbons (Fsp3) is 0.520. The molecule has 1 aromatic heterocycles. The lowest BCUT2D eigenvalue weighted by molar-refractivity contribution is -0.126. The van der Waals surface area contributed by atoms with E-state index in [1.807, 2.05) is 6.07 Å². The summed E-state index contributed by atoms with van der Waals surface area (Å²) < 4.78 is 14.2. The first kappa shape index (κ1) is 23.0. The maximum absolute atomic E-state index is 14.2. The minimum atomic E-state index is -0.603. The molecule has 8 heteroatoms. The van der Waals surface area contributed by atoms with E-state index in [1.165, 1.54) is 25.0 Å². The number of anilines is 2. The quantitative estimate of drug-likeness (QED) is 0.728. The predicted molar refractivity (Wildman–Crippen MR) is 126 cm³/mol. The highest BCUT2D eigenvalue weighted by Crippen LogP contribution is 2.31. The number of aromatic nitrogens is 2. The smallest absolute Gasteiger partial charge is 0.225 e. The van der Waals surface area contributed by atoms with Gasteiger partial charge < -0.3 is 16.0 Å². The number of halogens is 1. The zero-order chi connectivity index (χ0) is 23.5. The van der Waals surface area contributed by atoms with Gasteiger partial charge in [0, 0.05) is 30.3 Å². The van der Waals surface area contributed by atoms with Crippen molar-refractivity contribution in [2.45, 2.75) is 64.5 Å². The highest BCUT2D eigenvalue weighted by molar-refractivity contribution is 5.80. The van der Waals surface area contributed by atoms with Crippen LogP contribution >= 0.6 is 0 Å². The Labute approximate surface area is 194 Å². The van der Waals surface area contributed by atoms with E-state index < -0.39 is 5.82 Å². The molecule has 1 saturated carbocycles. The van der Waals surface area contributed by atoms with E-state index in [1.54, 1.807) is 12.1 Å². The molecule has 1 aromatic carbocycles. The Morgan fingerprint density at radius 1 is 1.18 bits per heavy atom. The summed E-state index contributed by atoms with van der Waals surface area (Å²) in [5, 5.41) is 12.3. The van der Waals surface area contributed by atoms with Crippen LogP contribution in [0.5, 0.6) is 0 Å². The van der Waals surface area contributed by atoms with E-state index in [0.29, 0.717) is 29.5 Å². The molecule has 2 aliphatic rings. The summed E-state index contributed by atoms with van der Waals surface area (Å²) in [5.74, 6) is 0.608. The number of rotatable bonds is 4. The fourth-order valence-corrected chi connectivity index (χ4v) is 4.98. The number of carbonyl (C=O) groups excluding carboxylic acids is 1. The number of nitrogens with zero attached hydrogens (tertiary/aromatic N) is 4. The zero-order valence-corrected chi connectivity index (χ0v) is 19.2. The average molecular weight is 451 g/mol. The van der Waals surface area contributed by atoms with Crippen molar-refractivity contribution in [3.8, 4) is 17.3 Å². The van der Waals surface area contributed by atoms with Crippen LogP contribution in [-0.4, -0.2) is 34.5 Å². The second-order valence-electron chi connectivity index (χ2n) is 9.43. The van der Waals surface area contributed by atoms with Crippen LogP contribution in [0.25, 0.3) is 11.3 Å². The van der Waals surface area contributed by atoms with Crippen molar-refractivity contribution in [3.05, 3.63) is 35.6 Å². The second-order valence-corrected chi connectivity index (χ2v) is 9.43. The number of hydrogen-bond donors (Lipinski definition) is 2. The first-order valence-corrected chi connectivity index (χ1v) is 11.8. The van der Waals surface area contributed by atoms with Crippen LogP contribution in [0.4, 0.5) is 16.2 Å². The zero-order valence-electron chi connectivity index (χ0n) is 19.2. The van der Waals surface area contributed by atoms with Crippen molar-refractivity contribution in [2.24, 2.45) is 11.8 Å². The lowest BCUT2D eigenvalue weighted by Crippen LogP contribution is -2.50. The molecule has 2 unspecified atom stereocenters. The summed E-state index contributed by atoms with van der Waals surface area (Å²) in [5.41, 5.74) is 6.98. The lowest BCUT2D eigenvalue weighted by atomic mass is 9.85. The summed E-state index contributed by atoms with van der Waals surface area (Å²) in [6.45, 7) is 4.87. The van der Waals surface area contributed by atoms with Crippen LogP contribution in [-0.2, 0) is 4.79 Å². The molecular formula is C25H31FN6O. The molecule has 2 fully saturated rings. The summed E-state index contributed by atoms with van der Waals surface area (Å²) >= 11 is 0. The summed E-state index contributed by atoms with van der Waals surface area (Å²) in [4.78, 5) is 23.9. The topological polar surface area (TPSA) is 108 Å². The van der Waals surface area contributed by atoms with Gasteiger partial charge in [0.25, 0.3) is 0 Å². The van der Waals surface area contributed by atoms with Crippen LogP contribution in [0.15, 0.2) is 24.3 Å². The lowest BCUT2D eigenvalue weighted by Gasteiger charge is -2.39. The van der Waals surface area contributed by atoms with E-state index in [0.717, 1.165) is 25.7 Å². The first-order chi connectivity index (χ1) is 15.9. The van der Waals surface area contributed by atoms with Crippen molar-refractivity contribution in [1.82, 2.24) is 15.3 Å². The Morgan fingerprint density at radius 2 is 1.97 bits per heavy atom. The summed E-state index contributed by atoms with van der Waals surface area (Å²) in [7, 11) is 0. The van der Waals surface area contributed by atoms with Crippen molar-refractivity contribution >= 4 is 17.7 Å². The van der Waals surface area contributed by atoms with Gasteiger partial charge in [0.2, 0.25) is 11.9 Å². The van der Waals surface area contributed by atoms with Crippen LogP contribution in [0.2, 0.25) is 0 Å². The maximum Gasteiger partial charge on any atom is 0.225 e. The van der Waals surface area contributed by atoms with Gasteiger partial charge in [-0.1, -0.05) is 25.8 Å². The van der Waals surface area contributed by atoms with Gasteiger partial charge in [-0.25, -0.2) is 9.37 Å². The standard InChI is InChI=1S/C25H31FN6O/c1-15-5-3-4-6-21(15)29-24(33)19-8-7-16(2)32(14-19)23-12-22(30-25(28)31-23)17-9-10-18(13-27)20(26)11-17/h9-12,15-16,19,21H,3-8,14H2,1-2H3,(H,29,33)(H2,28,30,31)/t15?,16-,19+,21?/m1/s1. The number of piperidine rings is 1. The average Bonchev–Trinajstić information content (AvgIpc) is 2.80. The Balaban J connectivity index is 1.54. The van der Waals surface area contributed by atoms with E-state index in [4.69, 9.17) is 11.0 Å². The number of nitrogens with two attached hydrogens (primary N) is 1. The highest BCUT2D eigenvalue weighted by atomic mass is 19.1. The minimum absolute atomic E-state index is 0.0215. The van der Waals surface area contributed by atoms with E-state index in [-0.39, 0.29) is 35.4 Å². The third-order valence-corrected chi connectivity index (χ3v) is 7.10. The second kappa shape index (κ2) is 9.74. The third-order valence-electron chi connectivity index (χ3n) is 7.10. The van der Waals surface area contributed by atoms with E-state index >= 15 is 0 Å². The molecule has 1 aliphatic carbocycles. The molecular weight excluding hydrogens is 419 g/mol. The fourth-order valence-electron chi connectivity index (χ4n) is 4.98. The highest BCUT2D eigenvalue weighted by Gasteiger charge is 2.33. The van der Waals surface area contributed by atoms with Crippen LogP contribution in [0, 0.1) is 29.0 Å². The molecule has 1 aliphatic heterocycles. The van der Waals surface area contributed by atoms with Gasteiger partial charge in [-0.3, -0.25) is 4.79 Å². The van der Waals surface area contributed by atoms with Crippen LogP contribution < -0.4 is 16.0 Å². The van der Waals surface area contributed by atoms with E-state index in [9.17, 15) is 9.18 Å². The minimum Gasteiger partial charge on any atom is -0.368 e. The number of nitrogen functional groups attached to an aromatic ring is 1. The molecule has 0 spiro atoms. The molecule has 1 amide bonds. The number of hydrogen-bond acceptors (Lipinski definition) is 6. The van der Waals surface area contributed by atoms with Crippen molar-refractivity contribution < 1.29 is 9.18 Å². The maximum atomic E-state index is 14.2. The molecule has 4 atom stereocenters. The van der Waals surface area contributed by atoms with Gasteiger partial charge in [-0.15, -0.1) is 0 Å². The van der Waals surface area contributed by atoms with Crippen molar-refractivity contribution in [3.63, 3.8) is 0 Å². The predicted octanol–water partition coefficient (Wildman–Crippen LogP) is 4.04. The van der Waals surface area contributed by atoms with Gasteiger partial charge in [-0.05, 0) is 50.7 Å². The normalized spacial score (nSPS) is 25.3. The van der Waals surface area contributed by atoms with Crippen LogP contribution in [0.3, 0.4) is 0 Å². The number of benzene rings is 1. The molecule has 1 saturated heterocycles. The molecule has 0 bridgehead atoms. The largest absolute Gasteiger partial charge is 0.368 e. The van der Waals surface area contributed by atoms with Crippen molar-refractivity contribution in [2.75, 3.05) is 17.2 Å². The Hall–Kier alpha value is -3.21. The van der Waals surface area contributed by atoms with Gasteiger partial charge >= 0.3 is 0 Å². The van der Waals surface area contributed by atoms with Crippen molar-refractivity contribution in [1.29, 1.82) is 5.26 Å². The molecule has 7 nitrogen and oxygen atoms in total. The number of carbonyl (C=O) groups is 1. The molecule has 4 rings (SSSR count). The Bertz CT molecular complexity index is 1070.